The third-order valence-electron chi connectivity index (χ3n) is 5.05. The second-order valence-electron chi connectivity index (χ2n) is 7.61. The van der Waals surface area contributed by atoms with E-state index in [-0.39, 0.29) is 16.9 Å². The maximum Gasteiger partial charge on any atom is 0.316 e. The number of thioether (sulfide) groups is 1. The van der Waals surface area contributed by atoms with Gasteiger partial charge in [-0.1, -0.05) is 67.4 Å². The zero-order valence-electron chi connectivity index (χ0n) is 18.8. The van der Waals surface area contributed by atoms with Crippen LogP contribution in [0.5, 0.6) is 0 Å². The predicted octanol–water partition coefficient (Wildman–Crippen LogP) is 6.43. The van der Waals surface area contributed by atoms with Gasteiger partial charge in [-0.25, -0.2) is 4.39 Å². The first-order valence-electron chi connectivity index (χ1n) is 11.1. The molecule has 0 saturated carbocycles. The van der Waals surface area contributed by atoms with Crippen LogP contribution in [0.4, 0.5) is 4.39 Å². The minimum atomic E-state index is -2.85. The molecule has 1 aromatic heterocycles. The Hall–Kier alpha value is -1.74. The second kappa shape index (κ2) is 14.0. The van der Waals surface area contributed by atoms with Gasteiger partial charge in [-0.3, -0.25) is 4.57 Å². The molecule has 2 unspecified atom stereocenters. The van der Waals surface area contributed by atoms with Gasteiger partial charge in [0.1, 0.15) is 5.82 Å². The summed E-state index contributed by atoms with van der Waals surface area (Å²) in [6, 6.07) is 12.8. The molecule has 0 amide bonds. The van der Waals surface area contributed by atoms with Crippen molar-refractivity contribution in [1.29, 1.82) is 0 Å². The fourth-order valence-corrected chi connectivity index (χ4v) is 4.84. The van der Waals surface area contributed by atoms with Crippen molar-refractivity contribution in [2.45, 2.75) is 49.6 Å². The number of rotatable bonds is 14. The molecule has 3 aromatic rings. The largest absolute Gasteiger partial charge is 0.411 e. The molecule has 7 nitrogen and oxygen atoms in total. The summed E-state index contributed by atoms with van der Waals surface area (Å²) in [6.45, 7) is 3.67. The summed E-state index contributed by atoms with van der Waals surface area (Å²) in [5, 5.41) is 11.9. The van der Waals surface area contributed by atoms with E-state index in [9.17, 15) is 8.96 Å². The van der Waals surface area contributed by atoms with Crippen LogP contribution >= 0.6 is 31.6 Å². The van der Waals surface area contributed by atoms with Crippen molar-refractivity contribution in [2.24, 2.45) is 0 Å². The van der Waals surface area contributed by atoms with Gasteiger partial charge in [0, 0.05) is 22.9 Å². The number of aromatic nitrogens is 2. The van der Waals surface area contributed by atoms with Gasteiger partial charge < -0.3 is 19.2 Å². The number of unbranched alkanes of at least 4 members (excludes halogenated alkanes) is 1. The van der Waals surface area contributed by atoms with Gasteiger partial charge >= 0.3 is 8.25 Å². The van der Waals surface area contributed by atoms with E-state index in [1.165, 1.54) is 11.8 Å². The Bertz CT molecular complexity index is 1070. The molecule has 0 spiro atoms. The Kier molecular flexibility index (Phi) is 11.0. The van der Waals surface area contributed by atoms with Gasteiger partial charge in [0.25, 0.3) is 5.22 Å². The minimum Gasteiger partial charge on any atom is -0.411 e. The van der Waals surface area contributed by atoms with Crippen molar-refractivity contribution < 1.29 is 22.8 Å². The number of halogens is 2. The Morgan fingerprint density at radius 1 is 1.24 bits per heavy atom. The van der Waals surface area contributed by atoms with E-state index in [4.69, 9.17) is 20.9 Å². The minimum absolute atomic E-state index is 0.108. The maximum absolute atomic E-state index is 14.6. The lowest BCUT2D eigenvalue weighted by molar-refractivity contribution is 0.276. The smallest absolute Gasteiger partial charge is 0.316 e. The van der Waals surface area contributed by atoms with Crippen LogP contribution in [0.15, 0.2) is 52.1 Å². The Balaban J connectivity index is 1.59. The fourth-order valence-electron chi connectivity index (χ4n) is 3.29. The van der Waals surface area contributed by atoms with Gasteiger partial charge in [0.2, 0.25) is 5.89 Å². The lowest BCUT2D eigenvalue weighted by atomic mass is 10.1. The molecule has 0 saturated heterocycles. The Labute approximate surface area is 208 Å². The summed E-state index contributed by atoms with van der Waals surface area (Å²) in [5.41, 5.74) is 2.41. The van der Waals surface area contributed by atoms with Crippen molar-refractivity contribution in [3.63, 3.8) is 0 Å². The van der Waals surface area contributed by atoms with E-state index >= 15 is 0 Å². The van der Waals surface area contributed by atoms with E-state index in [0.717, 1.165) is 30.4 Å². The van der Waals surface area contributed by atoms with Crippen molar-refractivity contribution in [3.05, 3.63) is 64.4 Å². The van der Waals surface area contributed by atoms with Gasteiger partial charge in [-0.2, -0.15) is 0 Å². The number of nitrogens with zero attached hydrogens (tertiary/aromatic N) is 2. The highest BCUT2D eigenvalue weighted by molar-refractivity contribution is 7.99. The highest BCUT2D eigenvalue weighted by Gasteiger charge is 2.21. The molecule has 2 aromatic carbocycles. The Morgan fingerprint density at radius 3 is 2.76 bits per heavy atom. The molecule has 34 heavy (non-hydrogen) atoms. The normalized spacial score (nSPS) is 13.2. The van der Waals surface area contributed by atoms with E-state index in [1.807, 2.05) is 24.3 Å². The van der Waals surface area contributed by atoms with Gasteiger partial charge in [0.05, 0.1) is 11.6 Å². The molecule has 0 aliphatic heterocycles. The quantitative estimate of drug-likeness (QED) is 0.141. The topological polar surface area (TPSA) is 97.5 Å². The van der Waals surface area contributed by atoms with Crippen LogP contribution in [0.25, 0.3) is 11.5 Å². The fraction of sp³-hybridized carbons (Fsp3) is 0.391. The molecular formula is C23H28ClFN3O4PS. The molecule has 0 aliphatic rings. The second-order valence-corrected chi connectivity index (χ2v) is 9.99. The van der Waals surface area contributed by atoms with Crippen molar-refractivity contribution >= 4 is 31.6 Å². The molecule has 0 bridgehead atoms. The number of hydrogen-bond donors (Lipinski definition) is 2. The van der Waals surface area contributed by atoms with Crippen LogP contribution in [0.3, 0.4) is 0 Å². The first-order chi connectivity index (χ1) is 16.5. The standard InChI is InChI=1S/C23H28ClFN3O4PS/c1-2-3-8-20(18-6-4-7-19(24)21(18)25)34-23-28-27-22(32-23)17-11-9-16(10-12-17)15-26-13-5-14-31-33(29)30/h4,6-7,9-12,20,26,33H,2-3,5,8,13-15H2,1H3,(H,29,30). The molecule has 0 radical (unpaired) electrons. The SMILES string of the molecule is CCCCC(Sc1nnc(-c2ccc(CNCCCO[PH](=O)O)cc2)o1)c1cccc(Cl)c1F. The third kappa shape index (κ3) is 8.18. The van der Waals surface area contributed by atoms with Crippen LogP contribution in [-0.4, -0.2) is 28.2 Å². The van der Waals surface area contributed by atoms with Gasteiger partial charge in [-0.15, -0.1) is 10.2 Å². The van der Waals surface area contributed by atoms with E-state index in [2.05, 4.69) is 27.0 Å². The lowest BCUT2D eigenvalue weighted by Gasteiger charge is -2.15. The van der Waals surface area contributed by atoms with Crippen molar-refractivity contribution in [2.75, 3.05) is 13.2 Å². The third-order valence-corrected chi connectivity index (χ3v) is 6.93. The molecule has 1 heterocycles. The first kappa shape index (κ1) is 26.9. The van der Waals surface area contributed by atoms with Crippen molar-refractivity contribution in [3.8, 4) is 11.5 Å². The Morgan fingerprint density at radius 2 is 2.03 bits per heavy atom. The zero-order valence-corrected chi connectivity index (χ0v) is 21.4. The number of benzene rings is 2. The van der Waals surface area contributed by atoms with E-state index in [1.54, 1.807) is 18.2 Å². The van der Waals surface area contributed by atoms with E-state index < -0.39 is 14.1 Å². The predicted molar refractivity (Wildman–Crippen MR) is 133 cm³/mol. The molecule has 0 fully saturated rings. The molecule has 0 aliphatic carbocycles. The van der Waals surface area contributed by atoms with Gasteiger partial charge in [0.15, 0.2) is 0 Å². The van der Waals surface area contributed by atoms with Crippen LogP contribution < -0.4 is 5.32 Å². The van der Waals surface area contributed by atoms with Crippen LogP contribution in [-0.2, 0) is 15.6 Å². The summed E-state index contributed by atoms with van der Waals surface area (Å²) < 4.78 is 35.6. The summed E-state index contributed by atoms with van der Waals surface area (Å²) >= 11 is 7.34. The monoisotopic (exact) mass is 527 g/mol. The van der Waals surface area contributed by atoms with Crippen LogP contribution in [0.1, 0.15) is 49.0 Å². The molecule has 2 atom stereocenters. The molecule has 184 valence electrons. The van der Waals surface area contributed by atoms with Crippen LogP contribution in [0, 0.1) is 5.82 Å². The molecule has 11 heteroatoms. The average molecular weight is 528 g/mol. The molecule has 2 N–H and O–H groups in total. The molecule has 3 rings (SSSR count). The van der Waals surface area contributed by atoms with Gasteiger partial charge in [-0.05, 0) is 43.1 Å². The zero-order chi connectivity index (χ0) is 24.3. The highest BCUT2D eigenvalue weighted by atomic mass is 35.5. The van der Waals surface area contributed by atoms with Crippen LogP contribution in [0.2, 0.25) is 5.02 Å². The molecular weight excluding hydrogens is 500 g/mol. The first-order valence-corrected chi connectivity index (χ1v) is 13.6. The number of nitrogens with one attached hydrogen (secondary N) is 1. The van der Waals surface area contributed by atoms with Crippen molar-refractivity contribution in [1.82, 2.24) is 15.5 Å². The summed E-state index contributed by atoms with van der Waals surface area (Å²) in [7, 11) is -2.85. The summed E-state index contributed by atoms with van der Waals surface area (Å²) in [6.07, 6.45) is 3.35. The van der Waals surface area contributed by atoms with E-state index in [0.29, 0.717) is 36.2 Å². The lowest BCUT2D eigenvalue weighted by Crippen LogP contribution is -2.15. The highest BCUT2D eigenvalue weighted by Crippen LogP contribution is 2.41. The average Bonchev–Trinajstić information content (AvgIpc) is 3.29. The summed E-state index contributed by atoms with van der Waals surface area (Å²) in [4.78, 5) is 8.62. The maximum atomic E-state index is 14.6. The summed E-state index contributed by atoms with van der Waals surface area (Å²) in [5.74, 6) is -0.00206. The number of hydrogen-bond acceptors (Lipinski definition) is 7.